The predicted molar refractivity (Wildman–Crippen MR) is 66.1 cm³/mol. The lowest BCUT2D eigenvalue weighted by atomic mass is 9.79. The van der Waals surface area contributed by atoms with Gasteiger partial charge in [-0.15, -0.1) is 0 Å². The Balaban J connectivity index is 1.89. The van der Waals surface area contributed by atoms with Crippen LogP contribution in [0.4, 0.5) is 0 Å². The molecular formula is C12H16BN2O2. The van der Waals surface area contributed by atoms with Crippen LogP contribution in [-0.2, 0) is 16.0 Å². The molecule has 2 N–H and O–H groups in total. The van der Waals surface area contributed by atoms with Crippen molar-refractivity contribution in [3.8, 4) is 0 Å². The van der Waals surface area contributed by atoms with Gasteiger partial charge in [-0.25, -0.2) is 0 Å². The molecule has 89 valence electrons. The van der Waals surface area contributed by atoms with Crippen molar-refractivity contribution >= 4 is 13.4 Å². The minimum Gasteiger partial charge on any atom is -0.428 e. The maximum Gasteiger partial charge on any atom is 0.307 e. The van der Waals surface area contributed by atoms with Crippen molar-refractivity contribution < 1.29 is 9.45 Å². The second kappa shape index (κ2) is 5.84. The van der Waals surface area contributed by atoms with Crippen LogP contribution in [0.2, 0.25) is 5.82 Å². The lowest BCUT2D eigenvalue weighted by molar-refractivity contribution is -0.128. The fourth-order valence-corrected chi connectivity index (χ4v) is 2.02. The lowest BCUT2D eigenvalue weighted by Crippen LogP contribution is -2.27. The minimum absolute atomic E-state index is 0.127. The van der Waals surface area contributed by atoms with E-state index in [-0.39, 0.29) is 18.5 Å². The summed E-state index contributed by atoms with van der Waals surface area (Å²) in [6, 6.07) is 10.00. The normalized spacial score (nSPS) is 19.7. The number of nitrogens with zero attached hydrogens (tertiary/aromatic N) is 1. The van der Waals surface area contributed by atoms with Crippen molar-refractivity contribution in [2.75, 3.05) is 13.3 Å². The second-order valence-electron chi connectivity index (χ2n) is 4.11. The number of hydrogen-bond donors (Lipinski definition) is 1. The third-order valence-electron chi connectivity index (χ3n) is 2.91. The molecule has 1 saturated heterocycles. The SMILES string of the molecule is NCO[B][C@H]1CCN(Cc2ccccc2)C1=O. The average molecular weight is 231 g/mol. The summed E-state index contributed by atoms with van der Waals surface area (Å²) in [6.45, 7) is 1.58. The Kier molecular flexibility index (Phi) is 4.17. The molecule has 0 aliphatic carbocycles. The number of carbonyl (C=O) groups is 1. The number of amides is 1. The summed E-state index contributed by atoms with van der Waals surface area (Å²) in [5.41, 5.74) is 6.39. The van der Waals surface area contributed by atoms with Crippen molar-refractivity contribution in [1.82, 2.24) is 4.90 Å². The molecule has 17 heavy (non-hydrogen) atoms. The van der Waals surface area contributed by atoms with Gasteiger partial charge in [-0.05, 0) is 12.0 Å². The van der Waals surface area contributed by atoms with Crippen LogP contribution in [0.5, 0.6) is 0 Å². The molecule has 1 aliphatic rings. The average Bonchev–Trinajstić information content (AvgIpc) is 2.70. The highest BCUT2D eigenvalue weighted by molar-refractivity contribution is 6.37. The van der Waals surface area contributed by atoms with E-state index >= 15 is 0 Å². The van der Waals surface area contributed by atoms with Crippen molar-refractivity contribution in [3.63, 3.8) is 0 Å². The Hall–Kier alpha value is -1.33. The number of benzene rings is 1. The first-order chi connectivity index (χ1) is 8.31. The first kappa shape index (κ1) is 12.1. The van der Waals surface area contributed by atoms with Gasteiger partial charge in [-0.1, -0.05) is 30.3 Å². The molecule has 2 rings (SSSR count). The summed E-state index contributed by atoms with van der Waals surface area (Å²) in [6.07, 6.45) is 0.811. The van der Waals surface area contributed by atoms with E-state index in [1.165, 1.54) is 0 Å². The van der Waals surface area contributed by atoms with E-state index in [0.717, 1.165) is 18.5 Å². The Morgan fingerprint density at radius 3 is 2.88 bits per heavy atom. The van der Waals surface area contributed by atoms with E-state index in [4.69, 9.17) is 10.4 Å². The number of likely N-dealkylation sites (tertiary alicyclic amines) is 1. The Morgan fingerprint density at radius 1 is 1.41 bits per heavy atom. The summed E-state index contributed by atoms with van der Waals surface area (Å²) in [5, 5.41) is 0. The molecule has 0 aromatic heterocycles. The molecule has 1 aromatic rings. The first-order valence-electron chi connectivity index (χ1n) is 5.79. The van der Waals surface area contributed by atoms with Crippen LogP contribution < -0.4 is 5.73 Å². The molecule has 1 fully saturated rings. The molecule has 0 saturated carbocycles. The Morgan fingerprint density at radius 2 is 2.18 bits per heavy atom. The molecule has 1 amide bonds. The van der Waals surface area contributed by atoms with Crippen LogP contribution in [0.25, 0.3) is 0 Å². The summed E-state index contributed by atoms with van der Waals surface area (Å²) in [5.74, 6) is -0.00966. The van der Waals surface area contributed by atoms with Crippen LogP contribution in [0.3, 0.4) is 0 Å². The fourth-order valence-electron chi connectivity index (χ4n) is 2.02. The molecule has 0 unspecified atom stereocenters. The lowest BCUT2D eigenvalue weighted by Gasteiger charge is -2.16. The van der Waals surface area contributed by atoms with Crippen molar-refractivity contribution in [3.05, 3.63) is 35.9 Å². The van der Waals surface area contributed by atoms with Crippen molar-refractivity contribution in [2.45, 2.75) is 18.8 Å². The molecule has 5 heteroatoms. The second-order valence-corrected chi connectivity index (χ2v) is 4.11. The van der Waals surface area contributed by atoms with E-state index in [1.807, 2.05) is 35.2 Å². The maximum atomic E-state index is 12.0. The largest absolute Gasteiger partial charge is 0.428 e. The zero-order valence-electron chi connectivity index (χ0n) is 9.71. The van der Waals surface area contributed by atoms with Crippen LogP contribution in [0, 0.1) is 0 Å². The molecule has 4 nitrogen and oxygen atoms in total. The zero-order valence-corrected chi connectivity index (χ0v) is 9.71. The van der Waals surface area contributed by atoms with Crippen molar-refractivity contribution in [1.29, 1.82) is 0 Å². The van der Waals surface area contributed by atoms with Gasteiger partial charge in [0.1, 0.15) is 0 Å². The number of carbonyl (C=O) groups excluding carboxylic acids is 1. The minimum atomic E-state index is -0.137. The standard InChI is InChI=1S/C12H16BN2O2/c14-9-17-13-11-6-7-15(12(11)16)8-10-4-2-1-3-5-10/h1-5,11H,6-9,14H2/t11-/m0/s1. The van der Waals surface area contributed by atoms with Gasteiger partial charge in [-0.3, -0.25) is 4.79 Å². The monoisotopic (exact) mass is 231 g/mol. The third kappa shape index (κ3) is 3.08. The number of hydrogen-bond acceptors (Lipinski definition) is 3. The van der Waals surface area contributed by atoms with Gasteiger partial charge in [0.05, 0.1) is 6.73 Å². The number of nitrogens with two attached hydrogens (primary N) is 1. The van der Waals surface area contributed by atoms with Gasteiger partial charge >= 0.3 is 7.48 Å². The van der Waals surface area contributed by atoms with Gasteiger partial charge in [0.2, 0.25) is 5.91 Å². The van der Waals surface area contributed by atoms with Crippen LogP contribution in [0.15, 0.2) is 30.3 Å². The highest BCUT2D eigenvalue weighted by Gasteiger charge is 2.32. The number of rotatable bonds is 5. The topological polar surface area (TPSA) is 55.6 Å². The zero-order chi connectivity index (χ0) is 12.1. The van der Waals surface area contributed by atoms with E-state index in [9.17, 15) is 4.79 Å². The molecule has 0 spiro atoms. The van der Waals surface area contributed by atoms with Crippen LogP contribution in [0.1, 0.15) is 12.0 Å². The van der Waals surface area contributed by atoms with Gasteiger partial charge in [-0.2, -0.15) is 0 Å². The van der Waals surface area contributed by atoms with Crippen LogP contribution >= 0.6 is 0 Å². The maximum absolute atomic E-state index is 12.0. The van der Waals surface area contributed by atoms with Gasteiger partial charge in [0.15, 0.2) is 0 Å². The van der Waals surface area contributed by atoms with E-state index in [2.05, 4.69) is 0 Å². The smallest absolute Gasteiger partial charge is 0.307 e. The molecule has 1 radical (unpaired) electrons. The summed E-state index contributed by atoms with van der Waals surface area (Å²) in [7, 11) is 1.56. The summed E-state index contributed by atoms with van der Waals surface area (Å²) in [4.78, 5) is 13.8. The molecule has 0 bridgehead atoms. The van der Waals surface area contributed by atoms with E-state index in [0.29, 0.717) is 6.54 Å². The highest BCUT2D eigenvalue weighted by Crippen LogP contribution is 2.24. The van der Waals surface area contributed by atoms with Crippen LogP contribution in [-0.4, -0.2) is 31.6 Å². The first-order valence-corrected chi connectivity index (χ1v) is 5.79. The molecule has 1 heterocycles. The Bertz CT molecular complexity index is 372. The highest BCUT2D eigenvalue weighted by atomic mass is 16.4. The van der Waals surface area contributed by atoms with Crippen molar-refractivity contribution in [2.24, 2.45) is 5.73 Å². The third-order valence-corrected chi connectivity index (χ3v) is 2.91. The molecule has 1 aromatic carbocycles. The summed E-state index contributed by atoms with van der Waals surface area (Å²) < 4.78 is 4.99. The Labute approximate surface area is 102 Å². The van der Waals surface area contributed by atoms with E-state index < -0.39 is 0 Å². The predicted octanol–water partition coefficient (Wildman–Crippen LogP) is 0.759. The molecular weight excluding hydrogens is 215 g/mol. The van der Waals surface area contributed by atoms with Gasteiger partial charge in [0, 0.05) is 18.9 Å². The molecule has 1 atom stereocenters. The quantitative estimate of drug-likeness (QED) is 0.601. The van der Waals surface area contributed by atoms with Gasteiger partial charge in [0.25, 0.3) is 0 Å². The summed E-state index contributed by atoms with van der Waals surface area (Å²) >= 11 is 0. The van der Waals surface area contributed by atoms with E-state index in [1.54, 1.807) is 7.48 Å². The van der Waals surface area contributed by atoms with Gasteiger partial charge < -0.3 is 15.3 Å². The fraction of sp³-hybridized carbons (Fsp3) is 0.417. The molecule has 1 aliphatic heterocycles.